The molecule has 2 aromatic rings. The highest BCUT2D eigenvalue weighted by atomic mass is 16.3. The van der Waals surface area contributed by atoms with E-state index in [0.717, 1.165) is 55.1 Å². The fourth-order valence-electron chi connectivity index (χ4n) is 2.86. The van der Waals surface area contributed by atoms with Crippen LogP contribution >= 0.6 is 0 Å². The summed E-state index contributed by atoms with van der Waals surface area (Å²) in [6, 6.07) is 7.63. The second-order valence-corrected chi connectivity index (χ2v) is 5.87. The minimum absolute atomic E-state index is 0.0288. The maximum atomic E-state index is 11.6. The molecule has 2 heterocycles. The normalized spacial score (nSPS) is 14.2. The third-order valence-electron chi connectivity index (χ3n) is 4.18. The monoisotopic (exact) mass is 326 g/mol. The molecule has 1 aromatic carbocycles. The summed E-state index contributed by atoms with van der Waals surface area (Å²) < 4.78 is 0. The van der Waals surface area contributed by atoms with E-state index in [2.05, 4.69) is 15.3 Å². The number of hydrogen-bond acceptors (Lipinski definition) is 5. The van der Waals surface area contributed by atoms with Crippen molar-refractivity contribution in [2.24, 2.45) is 0 Å². The van der Waals surface area contributed by atoms with Gasteiger partial charge in [0.05, 0.1) is 6.61 Å². The molecule has 1 amide bonds. The molecule has 0 unspecified atom stereocenters. The molecule has 1 fully saturated rings. The summed E-state index contributed by atoms with van der Waals surface area (Å²) >= 11 is 0. The first-order valence-electron chi connectivity index (χ1n) is 8.31. The Bertz CT molecular complexity index is 688. The minimum atomic E-state index is 0.0288. The Morgan fingerprint density at radius 3 is 2.67 bits per heavy atom. The number of amides is 1. The molecular formula is C18H22N4O2. The predicted octanol–water partition coefficient (Wildman–Crippen LogP) is 2.06. The number of hydrogen-bond donors (Lipinski definition) is 2. The predicted molar refractivity (Wildman–Crippen MR) is 92.3 cm³/mol. The van der Waals surface area contributed by atoms with Crippen LogP contribution in [0, 0.1) is 0 Å². The topological polar surface area (TPSA) is 78.4 Å². The van der Waals surface area contributed by atoms with Gasteiger partial charge in [-0.25, -0.2) is 4.98 Å². The van der Waals surface area contributed by atoms with Gasteiger partial charge in [0.1, 0.15) is 5.69 Å². The molecule has 0 saturated carbocycles. The molecule has 6 heteroatoms. The maximum absolute atomic E-state index is 11.6. The fourth-order valence-corrected chi connectivity index (χ4v) is 2.86. The molecular weight excluding hydrogens is 304 g/mol. The quantitative estimate of drug-likeness (QED) is 0.762. The number of nitrogens with zero attached hydrogens (tertiary/aromatic N) is 3. The lowest BCUT2D eigenvalue weighted by Gasteiger charge is -2.16. The average Bonchev–Trinajstić information content (AvgIpc) is 3.04. The first kappa shape index (κ1) is 16.4. The number of carbonyl (C=O) groups is 1. The second kappa shape index (κ2) is 7.88. The number of rotatable bonds is 7. The molecule has 0 atom stereocenters. The van der Waals surface area contributed by atoms with E-state index in [9.17, 15) is 4.79 Å². The Hall–Kier alpha value is -2.47. The summed E-state index contributed by atoms with van der Waals surface area (Å²) in [6.07, 6.45) is 5.88. The van der Waals surface area contributed by atoms with Crippen LogP contribution in [0.5, 0.6) is 0 Å². The summed E-state index contributed by atoms with van der Waals surface area (Å²) in [5.41, 5.74) is 2.61. The van der Waals surface area contributed by atoms with Gasteiger partial charge in [0, 0.05) is 44.0 Å². The maximum Gasteiger partial charge on any atom is 0.222 e. The highest BCUT2D eigenvalue weighted by Gasteiger charge is 2.19. The smallest absolute Gasteiger partial charge is 0.222 e. The van der Waals surface area contributed by atoms with Crippen LogP contribution in [0.2, 0.25) is 0 Å². The standard InChI is InChI=1S/C18H22N4O2/c23-13-14-4-6-15(7-5-14)17-18(21-10-9-19-17)20-8-2-12-22-11-1-3-16(22)24/h4-7,9-10,23H,1-3,8,11-13H2,(H,20,21). The summed E-state index contributed by atoms with van der Waals surface area (Å²) in [5, 5.41) is 12.5. The van der Waals surface area contributed by atoms with Gasteiger partial charge >= 0.3 is 0 Å². The second-order valence-electron chi connectivity index (χ2n) is 5.87. The van der Waals surface area contributed by atoms with E-state index in [1.54, 1.807) is 12.4 Å². The molecule has 1 aliphatic rings. The lowest BCUT2D eigenvalue weighted by Crippen LogP contribution is -2.27. The molecule has 0 radical (unpaired) electrons. The third-order valence-corrected chi connectivity index (χ3v) is 4.18. The van der Waals surface area contributed by atoms with Gasteiger partial charge in [0.15, 0.2) is 5.82 Å². The van der Waals surface area contributed by atoms with Gasteiger partial charge in [-0.15, -0.1) is 0 Å². The molecule has 0 bridgehead atoms. The van der Waals surface area contributed by atoms with Crippen molar-refractivity contribution in [3.05, 3.63) is 42.2 Å². The van der Waals surface area contributed by atoms with Crippen molar-refractivity contribution < 1.29 is 9.90 Å². The first-order valence-corrected chi connectivity index (χ1v) is 8.31. The van der Waals surface area contributed by atoms with Gasteiger partial charge in [-0.3, -0.25) is 9.78 Å². The van der Waals surface area contributed by atoms with E-state index in [0.29, 0.717) is 6.42 Å². The highest BCUT2D eigenvalue weighted by molar-refractivity contribution is 5.78. The zero-order valence-electron chi connectivity index (χ0n) is 13.6. The van der Waals surface area contributed by atoms with Crippen molar-refractivity contribution in [3.8, 4) is 11.3 Å². The van der Waals surface area contributed by atoms with Crippen molar-refractivity contribution in [3.63, 3.8) is 0 Å². The van der Waals surface area contributed by atoms with Gasteiger partial charge in [0.25, 0.3) is 0 Å². The summed E-state index contributed by atoms with van der Waals surface area (Å²) in [7, 11) is 0. The van der Waals surface area contributed by atoms with Gasteiger partial charge in [-0.05, 0) is 18.4 Å². The fraction of sp³-hybridized carbons (Fsp3) is 0.389. The molecule has 24 heavy (non-hydrogen) atoms. The summed E-state index contributed by atoms with van der Waals surface area (Å²) in [5.74, 6) is 1.00. The number of aromatic nitrogens is 2. The van der Waals surface area contributed by atoms with Crippen LogP contribution in [0.1, 0.15) is 24.8 Å². The molecule has 1 aromatic heterocycles. The van der Waals surface area contributed by atoms with Gasteiger partial charge in [-0.2, -0.15) is 0 Å². The van der Waals surface area contributed by atoms with Crippen LogP contribution in [-0.4, -0.2) is 45.5 Å². The molecule has 6 nitrogen and oxygen atoms in total. The van der Waals surface area contributed by atoms with Gasteiger partial charge in [-0.1, -0.05) is 24.3 Å². The molecule has 1 saturated heterocycles. The Morgan fingerprint density at radius 1 is 1.17 bits per heavy atom. The lowest BCUT2D eigenvalue weighted by molar-refractivity contribution is -0.127. The Kier molecular flexibility index (Phi) is 5.38. The van der Waals surface area contributed by atoms with E-state index in [-0.39, 0.29) is 12.5 Å². The Balaban J connectivity index is 1.60. The third kappa shape index (κ3) is 3.89. The van der Waals surface area contributed by atoms with E-state index >= 15 is 0 Å². The largest absolute Gasteiger partial charge is 0.392 e. The number of anilines is 1. The van der Waals surface area contributed by atoms with Crippen molar-refractivity contribution in [1.82, 2.24) is 14.9 Å². The van der Waals surface area contributed by atoms with Crippen LogP contribution in [0.4, 0.5) is 5.82 Å². The average molecular weight is 326 g/mol. The molecule has 0 spiro atoms. The first-order chi connectivity index (χ1) is 11.8. The Morgan fingerprint density at radius 2 is 1.96 bits per heavy atom. The number of nitrogens with one attached hydrogen (secondary N) is 1. The highest BCUT2D eigenvalue weighted by Crippen LogP contribution is 2.23. The van der Waals surface area contributed by atoms with Crippen molar-refractivity contribution >= 4 is 11.7 Å². The van der Waals surface area contributed by atoms with Crippen LogP contribution in [-0.2, 0) is 11.4 Å². The summed E-state index contributed by atoms with van der Waals surface area (Å²) in [4.78, 5) is 22.3. The molecule has 1 aliphatic heterocycles. The minimum Gasteiger partial charge on any atom is -0.392 e. The van der Waals surface area contributed by atoms with Crippen molar-refractivity contribution in [1.29, 1.82) is 0 Å². The van der Waals surface area contributed by atoms with Gasteiger partial charge in [0.2, 0.25) is 5.91 Å². The van der Waals surface area contributed by atoms with E-state index in [1.165, 1.54) is 0 Å². The van der Waals surface area contributed by atoms with E-state index in [1.807, 2.05) is 29.2 Å². The zero-order valence-corrected chi connectivity index (χ0v) is 13.6. The Labute approximate surface area is 141 Å². The number of likely N-dealkylation sites (tertiary alicyclic amines) is 1. The molecule has 2 N–H and O–H groups in total. The lowest BCUT2D eigenvalue weighted by atomic mass is 10.1. The van der Waals surface area contributed by atoms with Crippen LogP contribution < -0.4 is 5.32 Å². The number of carbonyl (C=O) groups excluding carboxylic acids is 1. The number of aliphatic hydroxyl groups is 1. The van der Waals surface area contributed by atoms with E-state index in [4.69, 9.17) is 5.11 Å². The molecule has 3 rings (SSSR count). The number of benzene rings is 1. The number of aliphatic hydroxyl groups excluding tert-OH is 1. The molecule has 126 valence electrons. The SMILES string of the molecule is O=C1CCCN1CCCNc1nccnc1-c1ccc(CO)cc1. The van der Waals surface area contributed by atoms with Crippen molar-refractivity contribution in [2.45, 2.75) is 25.9 Å². The van der Waals surface area contributed by atoms with E-state index < -0.39 is 0 Å². The zero-order chi connectivity index (χ0) is 16.8. The van der Waals surface area contributed by atoms with Gasteiger partial charge < -0.3 is 15.3 Å². The van der Waals surface area contributed by atoms with Crippen molar-refractivity contribution in [2.75, 3.05) is 25.0 Å². The van der Waals surface area contributed by atoms with Crippen LogP contribution in [0.25, 0.3) is 11.3 Å². The van der Waals surface area contributed by atoms with Crippen LogP contribution in [0.3, 0.4) is 0 Å². The summed E-state index contributed by atoms with van der Waals surface area (Å²) in [6.45, 7) is 2.43. The molecule has 0 aliphatic carbocycles. The van der Waals surface area contributed by atoms with Crippen LogP contribution in [0.15, 0.2) is 36.7 Å².